The van der Waals surface area contributed by atoms with E-state index in [1.807, 2.05) is 36.4 Å². The summed E-state index contributed by atoms with van der Waals surface area (Å²) in [7, 11) is 0. The Morgan fingerprint density at radius 2 is 1.60 bits per heavy atom. The maximum atomic E-state index is 6.19. The van der Waals surface area contributed by atoms with Crippen LogP contribution in [0.15, 0.2) is 79.0 Å². The molecule has 1 aliphatic carbocycles. The van der Waals surface area contributed by atoms with Crippen LogP contribution >= 0.6 is 0 Å². The fraction of sp³-hybridized carbons (Fsp3) is 0.269. The zero-order valence-electron chi connectivity index (χ0n) is 17.1. The van der Waals surface area contributed by atoms with E-state index >= 15 is 0 Å². The molecule has 0 saturated heterocycles. The van der Waals surface area contributed by atoms with Gasteiger partial charge in [-0.05, 0) is 30.5 Å². The summed E-state index contributed by atoms with van der Waals surface area (Å²) in [6.07, 6.45) is 8.43. The lowest BCUT2D eigenvalue weighted by molar-refractivity contribution is 0.308. The molecule has 0 radical (unpaired) electrons. The first-order valence-electron chi connectivity index (χ1n) is 10.9. The van der Waals surface area contributed by atoms with E-state index in [1.165, 1.54) is 32.1 Å². The summed E-state index contributed by atoms with van der Waals surface area (Å²) in [5.74, 6) is 1.86. The second-order valence-corrected chi connectivity index (χ2v) is 7.99. The van der Waals surface area contributed by atoms with Crippen molar-refractivity contribution in [2.75, 3.05) is 5.32 Å². The van der Waals surface area contributed by atoms with E-state index in [1.54, 1.807) is 0 Å². The highest BCUT2D eigenvalue weighted by Gasteiger charge is 2.21. The highest BCUT2D eigenvalue weighted by atomic mass is 16.5. The molecule has 1 N–H and O–H groups in total. The van der Waals surface area contributed by atoms with Gasteiger partial charge in [-0.25, -0.2) is 4.98 Å². The van der Waals surface area contributed by atoms with Gasteiger partial charge in [0, 0.05) is 17.8 Å². The van der Waals surface area contributed by atoms with Crippen molar-refractivity contribution >= 4 is 11.5 Å². The molecule has 1 saturated carbocycles. The zero-order valence-corrected chi connectivity index (χ0v) is 17.1. The van der Waals surface area contributed by atoms with Crippen molar-refractivity contribution < 1.29 is 4.74 Å². The molecular weight excluding hydrogens is 370 g/mol. The van der Waals surface area contributed by atoms with Gasteiger partial charge >= 0.3 is 0 Å². The normalized spacial score (nSPS) is 14.7. The van der Waals surface area contributed by atoms with Crippen LogP contribution in [0.1, 0.15) is 37.7 Å². The number of aromatic nitrogens is 2. The van der Waals surface area contributed by atoms with Crippen LogP contribution in [0.4, 0.5) is 5.82 Å². The summed E-state index contributed by atoms with van der Waals surface area (Å²) in [5.41, 5.74) is 4.10. The van der Waals surface area contributed by atoms with Gasteiger partial charge in [0.25, 0.3) is 0 Å². The number of pyridine rings is 1. The molecule has 152 valence electrons. The highest BCUT2D eigenvalue weighted by molar-refractivity contribution is 5.78. The smallest absolute Gasteiger partial charge is 0.181 e. The molecule has 4 aromatic rings. The van der Waals surface area contributed by atoms with Gasteiger partial charge < -0.3 is 10.1 Å². The number of benzene rings is 2. The Balaban J connectivity index is 1.53. The Hall–Kier alpha value is -3.27. The molecule has 2 heterocycles. The van der Waals surface area contributed by atoms with Crippen molar-refractivity contribution in [2.45, 2.75) is 44.8 Å². The fourth-order valence-electron chi connectivity index (χ4n) is 4.27. The second-order valence-electron chi connectivity index (χ2n) is 7.99. The molecule has 2 aromatic heterocycles. The van der Waals surface area contributed by atoms with E-state index in [4.69, 9.17) is 9.72 Å². The first kappa shape index (κ1) is 18.7. The molecule has 4 heteroatoms. The Bertz CT molecular complexity index is 1100. The number of hydrogen-bond donors (Lipinski definition) is 1. The van der Waals surface area contributed by atoms with Crippen LogP contribution < -0.4 is 10.1 Å². The molecule has 0 atom stereocenters. The average molecular weight is 398 g/mol. The topological polar surface area (TPSA) is 38.6 Å². The van der Waals surface area contributed by atoms with Gasteiger partial charge in [0.1, 0.15) is 18.1 Å². The lowest BCUT2D eigenvalue weighted by Crippen LogP contribution is -2.23. The van der Waals surface area contributed by atoms with Crippen LogP contribution in [0.2, 0.25) is 0 Å². The van der Waals surface area contributed by atoms with Crippen molar-refractivity contribution in [3.8, 4) is 17.0 Å². The lowest BCUT2D eigenvalue weighted by atomic mass is 9.95. The molecule has 5 rings (SSSR count). The minimum absolute atomic E-state index is 0.495. The maximum Gasteiger partial charge on any atom is 0.181 e. The Morgan fingerprint density at radius 3 is 2.37 bits per heavy atom. The van der Waals surface area contributed by atoms with Gasteiger partial charge in [-0.3, -0.25) is 4.40 Å². The van der Waals surface area contributed by atoms with Crippen molar-refractivity contribution in [1.29, 1.82) is 0 Å². The molecule has 30 heavy (non-hydrogen) atoms. The summed E-state index contributed by atoms with van der Waals surface area (Å²) in [6, 6.07) is 25.2. The molecule has 1 aliphatic rings. The third-order valence-electron chi connectivity index (χ3n) is 5.84. The average Bonchev–Trinajstić information content (AvgIpc) is 3.18. The number of hydrogen-bond acceptors (Lipinski definition) is 3. The molecule has 1 fully saturated rings. The van der Waals surface area contributed by atoms with Gasteiger partial charge in [-0.1, -0.05) is 79.9 Å². The van der Waals surface area contributed by atoms with Crippen molar-refractivity contribution in [3.63, 3.8) is 0 Å². The number of nitrogens with zero attached hydrogens (tertiary/aromatic N) is 2. The fourth-order valence-corrected chi connectivity index (χ4v) is 4.27. The van der Waals surface area contributed by atoms with E-state index < -0.39 is 0 Å². The number of rotatable bonds is 6. The van der Waals surface area contributed by atoms with Crippen molar-refractivity contribution in [3.05, 3.63) is 84.6 Å². The molecule has 0 bridgehead atoms. The first-order chi connectivity index (χ1) is 14.9. The van der Waals surface area contributed by atoms with Crippen molar-refractivity contribution in [2.24, 2.45) is 0 Å². The van der Waals surface area contributed by atoms with Gasteiger partial charge in [0.2, 0.25) is 0 Å². The van der Waals surface area contributed by atoms with Crippen LogP contribution in [0.3, 0.4) is 0 Å². The van der Waals surface area contributed by atoms with E-state index in [9.17, 15) is 0 Å². The summed E-state index contributed by atoms with van der Waals surface area (Å²) in [6.45, 7) is 0.527. The number of nitrogens with one attached hydrogen (secondary N) is 1. The molecule has 0 spiro atoms. The van der Waals surface area contributed by atoms with Crippen molar-refractivity contribution in [1.82, 2.24) is 9.38 Å². The number of imidazole rings is 1. The molecule has 0 unspecified atom stereocenters. The Kier molecular flexibility index (Phi) is 5.38. The van der Waals surface area contributed by atoms with E-state index in [0.717, 1.165) is 34.0 Å². The predicted molar refractivity (Wildman–Crippen MR) is 122 cm³/mol. The second kappa shape index (κ2) is 8.62. The van der Waals surface area contributed by atoms with E-state index in [2.05, 4.69) is 52.3 Å². The Morgan fingerprint density at radius 1 is 0.867 bits per heavy atom. The molecular formula is C26H27N3O. The van der Waals surface area contributed by atoms with Crippen LogP contribution in [0, 0.1) is 0 Å². The quantitative estimate of drug-likeness (QED) is 0.413. The number of ether oxygens (including phenoxy) is 1. The third kappa shape index (κ3) is 3.90. The highest BCUT2D eigenvalue weighted by Crippen LogP contribution is 2.34. The lowest BCUT2D eigenvalue weighted by Gasteiger charge is -2.24. The SMILES string of the molecule is c1ccc(COc2cccn3c(NC4CCCCC4)c(-c4ccccc4)nc23)cc1. The standard InChI is InChI=1S/C26H27N3O/c1-4-11-20(12-5-1)19-30-23-17-10-18-29-25(23)28-24(21-13-6-2-7-14-21)26(29)27-22-15-8-3-9-16-22/h1-2,4-7,10-14,17-18,22,27H,3,8-9,15-16,19H2. The number of anilines is 1. The van der Waals surface area contributed by atoms with Gasteiger partial charge in [0.05, 0.1) is 0 Å². The van der Waals surface area contributed by atoms with Gasteiger partial charge in [0.15, 0.2) is 11.4 Å². The third-order valence-corrected chi connectivity index (χ3v) is 5.84. The minimum Gasteiger partial charge on any atom is -0.485 e. The monoisotopic (exact) mass is 397 g/mol. The molecule has 0 amide bonds. The van der Waals surface area contributed by atoms with Crippen LogP contribution in [0.25, 0.3) is 16.9 Å². The van der Waals surface area contributed by atoms with Gasteiger partial charge in [-0.15, -0.1) is 0 Å². The molecule has 0 aliphatic heterocycles. The first-order valence-corrected chi connectivity index (χ1v) is 10.9. The zero-order chi connectivity index (χ0) is 20.2. The molecule has 2 aromatic carbocycles. The summed E-state index contributed by atoms with van der Waals surface area (Å²) in [4.78, 5) is 5.04. The van der Waals surface area contributed by atoms with E-state index in [0.29, 0.717) is 12.6 Å². The van der Waals surface area contributed by atoms with E-state index in [-0.39, 0.29) is 0 Å². The minimum atomic E-state index is 0.495. The van der Waals surface area contributed by atoms with Crippen LogP contribution in [-0.4, -0.2) is 15.4 Å². The van der Waals surface area contributed by atoms with Crippen LogP contribution in [-0.2, 0) is 6.61 Å². The van der Waals surface area contributed by atoms with Gasteiger partial charge in [-0.2, -0.15) is 0 Å². The largest absolute Gasteiger partial charge is 0.485 e. The Labute approximate surface area is 177 Å². The maximum absolute atomic E-state index is 6.19. The predicted octanol–water partition coefficient (Wildman–Crippen LogP) is 6.32. The summed E-state index contributed by atoms with van der Waals surface area (Å²) >= 11 is 0. The summed E-state index contributed by atoms with van der Waals surface area (Å²) < 4.78 is 8.34. The molecule has 4 nitrogen and oxygen atoms in total. The summed E-state index contributed by atoms with van der Waals surface area (Å²) in [5, 5.41) is 3.82. The number of fused-ring (bicyclic) bond motifs is 1. The van der Waals surface area contributed by atoms with Crippen LogP contribution in [0.5, 0.6) is 5.75 Å².